The van der Waals surface area contributed by atoms with Crippen LogP contribution in [0.2, 0.25) is 0 Å². The molecule has 0 saturated heterocycles. The maximum absolute atomic E-state index is 9.03. The molecule has 0 saturated carbocycles. The van der Waals surface area contributed by atoms with Crippen LogP contribution in [0.25, 0.3) is 0 Å². The molecule has 0 bridgehead atoms. The number of aromatic nitrogens is 2. The molecule has 1 aromatic heterocycles. The zero-order valence-corrected chi connectivity index (χ0v) is 11.3. The summed E-state index contributed by atoms with van der Waals surface area (Å²) in [6, 6.07) is 1.87. The second-order valence-corrected chi connectivity index (χ2v) is 4.96. The smallest absolute Gasteiger partial charge is 0.157 e. The lowest BCUT2D eigenvalue weighted by molar-refractivity contribution is 0.128. The van der Waals surface area contributed by atoms with Crippen LogP contribution in [0.15, 0.2) is 11.1 Å². The van der Waals surface area contributed by atoms with Gasteiger partial charge in [-0.1, -0.05) is 6.92 Å². The summed E-state index contributed by atoms with van der Waals surface area (Å²) in [6.45, 7) is 5.07. The van der Waals surface area contributed by atoms with Crippen LogP contribution < -0.4 is 5.32 Å². The standard InChI is InChI=1S/C11H19N3O2S/c1-4-16-7-10-13-9(12-3)5-11(14-10)17-8(2)6-15/h5,8,15H,4,6-7H2,1-3H3,(H,12,13,14). The van der Waals surface area contributed by atoms with Crippen LogP contribution in [0.4, 0.5) is 5.82 Å². The zero-order chi connectivity index (χ0) is 12.7. The van der Waals surface area contributed by atoms with E-state index >= 15 is 0 Å². The van der Waals surface area contributed by atoms with E-state index in [4.69, 9.17) is 9.84 Å². The lowest BCUT2D eigenvalue weighted by Gasteiger charge is -2.10. The second-order valence-electron chi connectivity index (χ2n) is 3.51. The minimum absolute atomic E-state index is 0.120. The van der Waals surface area contributed by atoms with E-state index in [1.807, 2.05) is 27.0 Å². The molecule has 6 heteroatoms. The molecule has 0 aliphatic rings. The fourth-order valence-corrected chi connectivity index (χ4v) is 1.99. The molecule has 1 aromatic rings. The molecule has 0 amide bonds. The quantitative estimate of drug-likeness (QED) is 0.570. The Hall–Kier alpha value is -0.850. The van der Waals surface area contributed by atoms with E-state index < -0.39 is 0 Å². The molecule has 1 rings (SSSR count). The fourth-order valence-electron chi connectivity index (χ4n) is 1.16. The number of nitrogens with one attached hydrogen (secondary N) is 1. The summed E-state index contributed by atoms with van der Waals surface area (Å²) in [5.74, 6) is 1.42. The highest BCUT2D eigenvalue weighted by Crippen LogP contribution is 2.23. The lowest BCUT2D eigenvalue weighted by Crippen LogP contribution is -2.06. The van der Waals surface area contributed by atoms with Crippen molar-refractivity contribution in [1.82, 2.24) is 9.97 Å². The predicted octanol–water partition coefficient (Wildman–Crippen LogP) is 1.53. The Morgan fingerprint density at radius 2 is 2.29 bits per heavy atom. The van der Waals surface area contributed by atoms with Gasteiger partial charge in [0, 0.05) is 25.0 Å². The van der Waals surface area contributed by atoms with Crippen LogP contribution in [-0.4, -0.2) is 40.6 Å². The molecule has 1 heterocycles. The topological polar surface area (TPSA) is 67.3 Å². The van der Waals surface area contributed by atoms with E-state index in [2.05, 4.69) is 15.3 Å². The van der Waals surface area contributed by atoms with Gasteiger partial charge >= 0.3 is 0 Å². The predicted molar refractivity (Wildman–Crippen MR) is 69.3 cm³/mol. The molecule has 0 aliphatic carbocycles. The molecule has 0 radical (unpaired) electrons. The third kappa shape index (κ3) is 4.89. The summed E-state index contributed by atoms with van der Waals surface area (Å²) in [7, 11) is 1.82. The van der Waals surface area contributed by atoms with Gasteiger partial charge in [-0.25, -0.2) is 9.97 Å². The largest absolute Gasteiger partial charge is 0.395 e. The minimum atomic E-state index is 0.120. The van der Waals surface area contributed by atoms with Gasteiger partial charge < -0.3 is 15.2 Å². The summed E-state index contributed by atoms with van der Waals surface area (Å²) in [6.07, 6.45) is 0. The third-order valence-corrected chi connectivity index (χ3v) is 3.02. The summed E-state index contributed by atoms with van der Waals surface area (Å²) < 4.78 is 5.29. The molecule has 1 unspecified atom stereocenters. The van der Waals surface area contributed by atoms with Gasteiger partial charge in [0.1, 0.15) is 17.5 Å². The first-order chi connectivity index (χ1) is 8.19. The number of rotatable bonds is 7. The van der Waals surface area contributed by atoms with Gasteiger partial charge in [-0.2, -0.15) is 0 Å². The van der Waals surface area contributed by atoms with Crippen molar-refractivity contribution in [1.29, 1.82) is 0 Å². The summed E-state index contributed by atoms with van der Waals surface area (Å²) in [5, 5.41) is 13.0. The molecule has 2 N–H and O–H groups in total. The maximum atomic E-state index is 9.03. The molecule has 5 nitrogen and oxygen atoms in total. The normalized spacial score (nSPS) is 12.5. The molecule has 17 heavy (non-hydrogen) atoms. The molecular weight excluding hydrogens is 238 g/mol. The van der Waals surface area contributed by atoms with E-state index in [0.29, 0.717) is 19.0 Å². The average molecular weight is 257 g/mol. The minimum Gasteiger partial charge on any atom is -0.395 e. The maximum Gasteiger partial charge on any atom is 0.157 e. The number of thioether (sulfide) groups is 1. The van der Waals surface area contributed by atoms with Crippen molar-refractivity contribution in [2.24, 2.45) is 0 Å². The average Bonchev–Trinajstić information content (AvgIpc) is 2.35. The van der Waals surface area contributed by atoms with E-state index in [-0.39, 0.29) is 11.9 Å². The molecule has 0 aliphatic heterocycles. The second kappa shape index (κ2) is 7.47. The van der Waals surface area contributed by atoms with Crippen LogP contribution in [0.5, 0.6) is 0 Å². The van der Waals surface area contributed by atoms with Gasteiger partial charge in [0.2, 0.25) is 0 Å². The van der Waals surface area contributed by atoms with Crippen LogP contribution in [0.1, 0.15) is 19.7 Å². The first-order valence-electron chi connectivity index (χ1n) is 5.60. The lowest BCUT2D eigenvalue weighted by atomic mass is 10.5. The van der Waals surface area contributed by atoms with E-state index in [9.17, 15) is 0 Å². The van der Waals surface area contributed by atoms with E-state index in [0.717, 1.165) is 10.8 Å². The van der Waals surface area contributed by atoms with Crippen molar-refractivity contribution in [2.45, 2.75) is 30.7 Å². The van der Waals surface area contributed by atoms with Crippen molar-refractivity contribution in [3.05, 3.63) is 11.9 Å². The van der Waals surface area contributed by atoms with Crippen molar-refractivity contribution >= 4 is 17.6 Å². The monoisotopic (exact) mass is 257 g/mol. The van der Waals surface area contributed by atoms with E-state index in [1.165, 1.54) is 11.8 Å². The summed E-state index contributed by atoms with van der Waals surface area (Å²) in [5.41, 5.74) is 0. The van der Waals surface area contributed by atoms with Crippen LogP contribution in [0.3, 0.4) is 0 Å². The van der Waals surface area contributed by atoms with Crippen molar-refractivity contribution in [3.8, 4) is 0 Å². The van der Waals surface area contributed by atoms with Crippen molar-refractivity contribution < 1.29 is 9.84 Å². The van der Waals surface area contributed by atoms with Crippen LogP contribution in [-0.2, 0) is 11.3 Å². The van der Waals surface area contributed by atoms with Gasteiger partial charge in [-0.3, -0.25) is 0 Å². The van der Waals surface area contributed by atoms with Gasteiger partial charge in [-0.05, 0) is 6.92 Å². The zero-order valence-electron chi connectivity index (χ0n) is 10.4. The van der Waals surface area contributed by atoms with Gasteiger partial charge in [0.05, 0.1) is 6.61 Å². The third-order valence-electron chi connectivity index (χ3n) is 2.02. The Balaban J connectivity index is 2.80. The van der Waals surface area contributed by atoms with Crippen molar-refractivity contribution in [2.75, 3.05) is 25.6 Å². The van der Waals surface area contributed by atoms with Gasteiger partial charge in [0.25, 0.3) is 0 Å². The fraction of sp³-hybridized carbons (Fsp3) is 0.636. The Labute approximate surface area is 106 Å². The van der Waals surface area contributed by atoms with Gasteiger partial charge in [-0.15, -0.1) is 11.8 Å². The number of aliphatic hydroxyl groups excluding tert-OH is 1. The van der Waals surface area contributed by atoms with E-state index in [1.54, 1.807) is 0 Å². The Morgan fingerprint density at radius 1 is 1.53 bits per heavy atom. The molecule has 0 spiro atoms. The summed E-state index contributed by atoms with van der Waals surface area (Å²) in [4.78, 5) is 8.68. The molecule has 0 aromatic carbocycles. The number of anilines is 1. The number of hydrogen-bond donors (Lipinski definition) is 2. The summed E-state index contributed by atoms with van der Waals surface area (Å²) >= 11 is 1.52. The number of nitrogens with zero attached hydrogens (tertiary/aromatic N) is 2. The Morgan fingerprint density at radius 3 is 2.88 bits per heavy atom. The first kappa shape index (κ1) is 14.2. The van der Waals surface area contributed by atoms with Gasteiger partial charge in [0.15, 0.2) is 5.82 Å². The Bertz CT molecular complexity index is 349. The molecular formula is C11H19N3O2S. The highest BCUT2D eigenvalue weighted by atomic mass is 32.2. The highest BCUT2D eigenvalue weighted by Gasteiger charge is 2.08. The number of hydrogen-bond acceptors (Lipinski definition) is 6. The van der Waals surface area contributed by atoms with Crippen molar-refractivity contribution in [3.63, 3.8) is 0 Å². The molecule has 1 atom stereocenters. The first-order valence-corrected chi connectivity index (χ1v) is 6.48. The molecule has 96 valence electrons. The van der Waals surface area contributed by atoms with Crippen LogP contribution >= 0.6 is 11.8 Å². The SMILES string of the molecule is CCOCc1nc(NC)cc(SC(C)CO)n1. The Kier molecular flexibility index (Phi) is 6.25. The highest BCUT2D eigenvalue weighted by molar-refractivity contribution is 7.99. The molecule has 0 fully saturated rings. The number of aliphatic hydroxyl groups is 1. The number of ether oxygens (including phenoxy) is 1. The van der Waals surface area contributed by atoms with Crippen LogP contribution in [0, 0.1) is 0 Å².